The number of fused-ring (bicyclic) bond motifs is 2. The molecule has 0 spiro atoms. The van der Waals surface area contributed by atoms with Crippen molar-refractivity contribution in [2.75, 3.05) is 6.54 Å². The van der Waals surface area contributed by atoms with Gasteiger partial charge in [0.2, 0.25) is 0 Å². The first-order valence-corrected chi connectivity index (χ1v) is 9.48. The van der Waals surface area contributed by atoms with Crippen molar-refractivity contribution in [1.82, 2.24) is 0 Å². The Balaban J connectivity index is 1.38. The summed E-state index contributed by atoms with van der Waals surface area (Å²) in [6.07, 6.45) is 6.64. The summed E-state index contributed by atoms with van der Waals surface area (Å²) in [5.74, 6) is 2.55. The Morgan fingerprint density at radius 2 is 2.08 bits per heavy atom. The molecule has 0 bridgehead atoms. The van der Waals surface area contributed by atoms with Gasteiger partial charge in [-0.05, 0) is 80.1 Å². The molecule has 0 saturated heterocycles. The average Bonchev–Trinajstić information content (AvgIpc) is 3.09. The van der Waals surface area contributed by atoms with Gasteiger partial charge in [-0.1, -0.05) is 24.3 Å². The van der Waals surface area contributed by atoms with E-state index in [1.54, 1.807) is 0 Å². The van der Waals surface area contributed by atoms with Crippen LogP contribution in [0.2, 0.25) is 0 Å². The molecule has 1 aliphatic rings. The molecule has 0 amide bonds. The molecule has 0 N–H and O–H groups in total. The quantitative estimate of drug-likeness (QED) is 0.544. The van der Waals surface area contributed by atoms with Crippen molar-refractivity contribution in [1.29, 1.82) is 0 Å². The number of benzene rings is 2. The highest BCUT2D eigenvalue weighted by atomic mass is 16.5. The van der Waals surface area contributed by atoms with Crippen LogP contribution < -0.4 is 4.74 Å². The van der Waals surface area contributed by atoms with Crippen LogP contribution in [-0.2, 0) is 19.4 Å². The summed E-state index contributed by atoms with van der Waals surface area (Å²) >= 11 is 0. The summed E-state index contributed by atoms with van der Waals surface area (Å²) in [6, 6.07) is 16.6. The summed E-state index contributed by atoms with van der Waals surface area (Å²) < 4.78 is 11.8. The molecular formula is C23H25NO2. The number of para-hydroxylation sites is 1. The largest absolute Gasteiger partial charge is 0.486 e. The fraction of sp³-hybridized carbons (Fsp3) is 0.348. The fourth-order valence-electron chi connectivity index (χ4n) is 3.79. The summed E-state index contributed by atoms with van der Waals surface area (Å²) in [6.45, 7) is 3.41. The molecule has 0 fully saturated rings. The highest BCUT2D eigenvalue weighted by molar-refractivity contribution is 5.77. The van der Waals surface area contributed by atoms with Crippen LogP contribution in [0.25, 0.3) is 11.0 Å². The van der Waals surface area contributed by atoms with Gasteiger partial charge >= 0.3 is 0 Å². The van der Waals surface area contributed by atoms with Gasteiger partial charge in [0.1, 0.15) is 23.7 Å². The van der Waals surface area contributed by atoms with Gasteiger partial charge in [-0.2, -0.15) is 0 Å². The zero-order chi connectivity index (χ0) is 17.8. The predicted octanol–water partition coefficient (Wildman–Crippen LogP) is 5.60. The number of rotatable bonds is 6. The summed E-state index contributed by atoms with van der Waals surface area (Å²) in [5.41, 5.74) is 3.81. The third-order valence-corrected chi connectivity index (χ3v) is 5.21. The third kappa shape index (κ3) is 3.82. The predicted molar refractivity (Wildman–Crippen MR) is 106 cm³/mol. The van der Waals surface area contributed by atoms with E-state index in [4.69, 9.17) is 9.15 Å². The van der Waals surface area contributed by atoms with Crippen molar-refractivity contribution in [3.63, 3.8) is 0 Å². The van der Waals surface area contributed by atoms with Gasteiger partial charge in [0.05, 0.1) is 0 Å². The highest BCUT2D eigenvalue weighted by Crippen LogP contribution is 2.30. The van der Waals surface area contributed by atoms with E-state index < -0.39 is 0 Å². The Hall–Kier alpha value is -2.55. The second-order valence-corrected chi connectivity index (χ2v) is 7.03. The number of furan rings is 1. The van der Waals surface area contributed by atoms with Crippen LogP contribution in [-0.4, -0.2) is 12.8 Å². The van der Waals surface area contributed by atoms with Crippen molar-refractivity contribution >= 4 is 17.2 Å². The molecule has 4 rings (SSSR count). The lowest BCUT2D eigenvalue weighted by Crippen LogP contribution is -2.15. The van der Waals surface area contributed by atoms with Crippen LogP contribution in [0.4, 0.5) is 0 Å². The maximum Gasteiger partial charge on any atom is 0.146 e. The van der Waals surface area contributed by atoms with Gasteiger partial charge < -0.3 is 9.15 Å². The molecule has 1 heterocycles. The molecule has 1 atom stereocenters. The van der Waals surface area contributed by atoms with E-state index in [1.807, 2.05) is 31.3 Å². The SMILES string of the molecule is C/C=N/CCC1CCc2cc(OCc3cc4ccccc4o3)ccc2C1. The molecule has 1 unspecified atom stereocenters. The second kappa shape index (κ2) is 7.77. The summed E-state index contributed by atoms with van der Waals surface area (Å²) in [7, 11) is 0. The van der Waals surface area contributed by atoms with E-state index in [0.717, 1.165) is 41.4 Å². The van der Waals surface area contributed by atoms with Crippen molar-refractivity contribution in [3.8, 4) is 5.75 Å². The van der Waals surface area contributed by atoms with Crippen LogP contribution in [0.1, 0.15) is 36.7 Å². The Morgan fingerprint density at radius 1 is 1.15 bits per heavy atom. The molecule has 2 aromatic carbocycles. The monoisotopic (exact) mass is 347 g/mol. The molecule has 26 heavy (non-hydrogen) atoms. The van der Waals surface area contributed by atoms with Gasteiger partial charge in [-0.25, -0.2) is 0 Å². The molecule has 0 saturated carbocycles. The number of hydrogen-bond acceptors (Lipinski definition) is 3. The van der Waals surface area contributed by atoms with E-state index in [2.05, 4.69) is 35.3 Å². The number of aliphatic imine (C=N–C) groups is 1. The van der Waals surface area contributed by atoms with E-state index in [1.165, 1.54) is 30.4 Å². The first-order valence-electron chi connectivity index (χ1n) is 9.48. The number of aryl methyl sites for hydroxylation is 1. The molecule has 3 aromatic rings. The Kier molecular flexibility index (Phi) is 5.05. The molecular weight excluding hydrogens is 322 g/mol. The summed E-state index contributed by atoms with van der Waals surface area (Å²) in [5, 5.41) is 1.12. The Labute approximate surface area is 154 Å². The van der Waals surface area contributed by atoms with Crippen molar-refractivity contribution in [2.45, 2.75) is 39.2 Å². The van der Waals surface area contributed by atoms with E-state index in [0.29, 0.717) is 6.61 Å². The fourth-order valence-corrected chi connectivity index (χ4v) is 3.79. The van der Waals surface area contributed by atoms with Gasteiger partial charge in [0.25, 0.3) is 0 Å². The van der Waals surface area contributed by atoms with E-state index in [9.17, 15) is 0 Å². The molecule has 1 aromatic heterocycles. The van der Waals surface area contributed by atoms with Crippen LogP contribution in [0.15, 0.2) is 57.9 Å². The van der Waals surface area contributed by atoms with Gasteiger partial charge in [0, 0.05) is 11.9 Å². The molecule has 1 aliphatic carbocycles. The topological polar surface area (TPSA) is 34.7 Å². The van der Waals surface area contributed by atoms with Gasteiger partial charge in [-0.3, -0.25) is 4.99 Å². The van der Waals surface area contributed by atoms with Crippen molar-refractivity contribution in [3.05, 3.63) is 65.4 Å². The standard InChI is InChI=1S/C23H25NO2/c1-2-24-12-11-17-7-8-19-14-21(10-9-18(19)13-17)25-16-22-15-20-5-3-4-6-23(20)26-22/h2-6,9-10,14-15,17H,7-8,11-13,16H2,1H3/b24-2+. The smallest absolute Gasteiger partial charge is 0.146 e. The van der Waals surface area contributed by atoms with E-state index in [-0.39, 0.29) is 0 Å². The molecule has 3 nitrogen and oxygen atoms in total. The number of hydrogen-bond donors (Lipinski definition) is 0. The average molecular weight is 347 g/mol. The highest BCUT2D eigenvalue weighted by Gasteiger charge is 2.18. The van der Waals surface area contributed by atoms with Crippen LogP contribution >= 0.6 is 0 Å². The minimum atomic E-state index is 0.463. The maximum atomic E-state index is 5.98. The van der Waals surface area contributed by atoms with Gasteiger partial charge in [0.15, 0.2) is 0 Å². The minimum Gasteiger partial charge on any atom is -0.486 e. The molecule has 3 heteroatoms. The van der Waals surface area contributed by atoms with Crippen molar-refractivity contribution in [2.24, 2.45) is 10.9 Å². The lowest BCUT2D eigenvalue weighted by molar-refractivity contribution is 0.274. The number of nitrogens with zero attached hydrogens (tertiary/aromatic N) is 1. The second-order valence-electron chi connectivity index (χ2n) is 7.03. The van der Waals surface area contributed by atoms with E-state index >= 15 is 0 Å². The Bertz CT molecular complexity index is 876. The third-order valence-electron chi connectivity index (χ3n) is 5.21. The van der Waals surface area contributed by atoms with Crippen LogP contribution in [0, 0.1) is 5.92 Å². The lowest BCUT2D eigenvalue weighted by Gasteiger charge is -2.24. The first-order chi connectivity index (χ1) is 12.8. The molecule has 0 aliphatic heterocycles. The van der Waals surface area contributed by atoms with Crippen LogP contribution in [0.3, 0.4) is 0 Å². The first kappa shape index (κ1) is 16.9. The lowest BCUT2D eigenvalue weighted by atomic mass is 9.82. The molecule has 0 radical (unpaired) electrons. The molecule has 134 valence electrons. The number of ether oxygens (including phenoxy) is 1. The maximum absolute atomic E-state index is 5.98. The minimum absolute atomic E-state index is 0.463. The summed E-state index contributed by atoms with van der Waals surface area (Å²) in [4.78, 5) is 4.35. The zero-order valence-corrected chi connectivity index (χ0v) is 15.3. The zero-order valence-electron chi connectivity index (χ0n) is 15.3. The van der Waals surface area contributed by atoms with Crippen molar-refractivity contribution < 1.29 is 9.15 Å². The van der Waals surface area contributed by atoms with Crippen LogP contribution in [0.5, 0.6) is 5.75 Å². The van der Waals surface area contributed by atoms with Gasteiger partial charge in [-0.15, -0.1) is 0 Å². The normalized spacial score (nSPS) is 16.9. The Morgan fingerprint density at radius 3 is 2.96 bits per heavy atom.